The summed E-state index contributed by atoms with van der Waals surface area (Å²) in [5.41, 5.74) is 0. The van der Waals surface area contributed by atoms with E-state index in [1.54, 1.807) is 0 Å². The number of nitrogens with one attached hydrogen (secondary N) is 1. The summed E-state index contributed by atoms with van der Waals surface area (Å²) in [7, 11) is 0. The molecule has 0 radical (unpaired) electrons. The molecule has 0 aromatic rings. The highest BCUT2D eigenvalue weighted by atomic mass is 16.1. The molecule has 92 valence electrons. The van der Waals surface area contributed by atoms with Gasteiger partial charge >= 0.3 is 0 Å². The predicted octanol–water partition coefficient (Wildman–Crippen LogP) is 3.06. The maximum absolute atomic E-state index is 12.0. The Morgan fingerprint density at radius 1 is 1.25 bits per heavy atom. The van der Waals surface area contributed by atoms with Crippen molar-refractivity contribution in [1.82, 2.24) is 5.32 Å². The van der Waals surface area contributed by atoms with Crippen LogP contribution >= 0.6 is 0 Å². The summed E-state index contributed by atoms with van der Waals surface area (Å²) in [5.74, 6) is 1.27. The Bertz CT molecular complexity index is 225. The molecule has 1 aliphatic carbocycles. The average Bonchev–Trinajstić information content (AvgIpc) is 2.73. The lowest BCUT2D eigenvalue weighted by atomic mass is 9.84. The summed E-state index contributed by atoms with van der Waals surface area (Å²) in [6, 6.07) is 0.860. The van der Waals surface area contributed by atoms with Gasteiger partial charge in [-0.15, -0.1) is 0 Å². The molecule has 2 fully saturated rings. The van der Waals surface area contributed by atoms with Crippen molar-refractivity contribution in [3.63, 3.8) is 0 Å². The number of Topliss-reactive ketones (excluding diaryl/α,β-unsaturated/α-hetero) is 1. The highest BCUT2D eigenvalue weighted by Crippen LogP contribution is 2.33. The van der Waals surface area contributed by atoms with E-state index in [0.717, 1.165) is 25.2 Å². The molecule has 3 atom stereocenters. The van der Waals surface area contributed by atoms with E-state index in [1.165, 1.54) is 38.5 Å². The van der Waals surface area contributed by atoms with Gasteiger partial charge in [-0.05, 0) is 31.6 Å². The smallest absolute Gasteiger partial charge is 0.149 e. The third kappa shape index (κ3) is 2.85. The molecule has 0 aromatic heterocycles. The number of hydrogen-bond acceptors (Lipinski definition) is 2. The Hall–Kier alpha value is -0.370. The molecule has 1 saturated carbocycles. The van der Waals surface area contributed by atoms with E-state index < -0.39 is 0 Å². The number of fused-ring (bicyclic) bond motifs is 1. The second-order valence-electron chi connectivity index (χ2n) is 5.53. The van der Waals surface area contributed by atoms with Gasteiger partial charge in [0.25, 0.3) is 0 Å². The lowest BCUT2D eigenvalue weighted by Gasteiger charge is -2.24. The summed E-state index contributed by atoms with van der Waals surface area (Å²) in [6.45, 7) is 2.19. The Morgan fingerprint density at radius 2 is 2.06 bits per heavy atom. The van der Waals surface area contributed by atoms with Crippen molar-refractivity contribution in [2.45, 2.75) is 76.8 Å². The topological polar surface area (TPSA) is 29.1 Å². The molecule has 0 bridgehead atoms. The minimum absolute atomic E-state index is 0.199. The molecule has 1 aliphatic heterocycles. The van der Waals surface area contributed by atoms with Gasteiger partial charge in [-0.3, -0.25) is 4.79 Å². The zero-order valence-corrected chi connectivity index (χ0v) is 10.5. The van der Waals surface area contributed by atoms with E-state index in [1.807, 2.05) is 0 Å². The molecule has 2 nitrogen and oxygen atoms in total. The Kier molecular flexibility index (Phi) is 4.39. The molecule has 2 rings (SSSR count). The van der Waals surface area contributed by atoms with E-state index >= 15 is 0 Å². The Labute approximate surface area is 99.2 Å². The fourth-order valence-electron chi connectivity index (χ4n) is 3.29. The van der Waals surface area contributed by atoms with E-state index in [9.17, 15) is 4.79 Å². The van der Waals surface area contributed by atoms with Crippen LogP contribution in [0.5, 0.6) is 0 Å². The highest BCUT2D eigenvalue weighted by Gasteiger charge is 2.37. The van der Waals surface area contributed by atoms with Crippen molar-refractivity contribution >= 4 is 5.78 Å². The number of carbonyl (C=O) groups excluding carboxylic acids is 1. The maximum Gasteiger partial charge on any atom is 0.149 e. The first-order valence-electron chi connectivity index (χ1n) is 7.10. The first-order chi connectivity index (χ1) is 7.81. The Morgan fingerprint density at radius 3 is 2.81 bits per heavy atom. The third-order valence-electron chi connectivity index (χ3n) is 4.28. The van der Waals surface area contributed by atoms with Crippen molar-refractivity contribution in [3.8, 4) is 0 Å². The van der Waals surface area contributed by atoms with Gasteiger partial charge in [0.05, 0.1) is 6.04 Å². The zero-order chi connectivity index (χ0) is 11.4. The van der Waals surface area contributed by atoms with Gasteiger partial charge in [0, 0.05) is 12.5 Å². The molecular formula is C14H25NO. The molecular weight excluding hydrogens is 198 g/mol. The molecule has 0 aromatic carbocycles. The van der Waals surface area contributed by atoms with Crippen molar-refractivity contribution in [1.29, 1.82) is 0 Å². The molecule has 16 heavy (non-hydrogen) atoms. The van der Waals surface area contributed by atoms with E-state index in [-0.39, 0.29) is 6.04 Å². The normalized spacial score (nSPS) is 33.7. The number of ketones is 1. The summed E-state index contributed by atoms with van der Waals surface area (Å²) < 4.78 is 0. The average molecular weight is 223 g/mol. The van der Waals surface area contributed by atoms with Crippen molar-refractivity contribution in [3.05, 3.63) is 0 Å². The zero-order valence-electron chi connectivity index (χ0n) is 10.5. The van der Waals surface area contributed by atoms with Gasteiger partial charge in [-0.25, -0.2) is 0 Å². The van der Waals surface area contributed by atoms with E-state index in [4.69, 9.17) is 0 Å². The quantitative estimate of drug-likeness (QED) is 0.726. The third-order valence-corrected chi connectivity index (χ3v) is 4.28. The summed E-state index contributed by atoms with van der Waals surface area (Å²) >= 11 is 0. The number of rotatable bonds is 5. The lowest BCUT2D eigenvalue weighted by molar-refractivity contribution is -0.120. The highest BCUT2D eigenvalue weighted by molar-refractivity contribution is 5.84. The monoisotopic (exact) mass is 223 g/mol. The lowest BCUT2D eigenvalue weighted by Crippen LogP contribution is -2.37. The molecule has 1 saturated heterocycles. The largest absolute Gasteiger partial charge is 0.304 e. The minimum Gasteiger partial charge on any atom is -0.304 e. The van der Waals surface area contributed by atoms with Gasteiger partial charge in [0.15, 0.2) is 0 Å². The molecule has 1 N–H and O–H groups in total. The Balaban J connectivity index is 1.76. The minimum atomic E-state index is 0.199. The summed E-state index contributed by atoms with van der Waals surface area (Å²) in [5, 5.41) is 3.57. The predicted molar refractivity (Wildman–Crippen MR) is 66.4 cm³/mol. The maximum atomic E-state index is 12.0. The van der Waals surface area contributed by atoms with Crippen LogP contribution in [0, 0.1) is 5.92 Å². The van der Waals surface area contributed by atoms with Crippen molar-refractivity contribution < 1.29 is 4.79 Å². The van der Waals surface area contributed by atoms with Gasteiger partial charge in [-0.2, -0.15) is 0 Å². The standard InChI is InChI=1S/C14H25NO/c1-2-3-4-9-14(16)13-10-11-7-5-6-8-12(11)15-13/h11-13,15H,2-10H2,1H3. The first-order valence-corrected chi connectivity index (χ1v) is 7.10. The van der Waals surface area contributed by atoms with E-state index in [2.05, 4.69) is 12.2 Å². The molecule has 2 heteroatoms. The van der Waals surface area contributed by atoms with Crippen LogP contribution in [0.4, 0.5) is 0 Å². The van der Waals surface area contributed by atoms with Crippen molar-refractivity contribution in [2.24, 2.45) is 5.92 Å². The fourth-order valence-corrected chi connectivity index (χ4v) is 3.29. The SMILES string of the molecule is CCCCCC(=O)C1CC2CCCCC2N1. The second kappa shape index (κ2) is 5.81. The van der Waals surface area contributed by atoms with Crippen molar-refractivity contribution in [2.75, 3.05) is 0 Å². The van der Waals surface area contributed by atoms with Crippen LogP contribution in [-0.4, -0.2) is 17.9 Å². The van der Waals surface area contributed by atoms with Gasteiger partial charge in [0.1, 0.15) is 5.78 Å². The van der Waals surface area contributed by atoms with Crippen LogP contribution in [0.2, 0.25) is 0 Å². The molecule has 3 unspecified atom stereocenters. The molecule has 0 amide bonds. The van der Waals surface area contributed by atoms with Gasteiger partial charge < -0.3 is 5.32 Å². The number of hydrogen-bond donors (Lipinski definition) is 1. The van der Waals surface area contributed by atoms with Gasteiger partial charge in [0.2, 0.25) is 0 Å². The van der Waals surface area contributed by atoms with Crippen LogP contribution in [-0.2, 0) is 4.79 Å². The molecule has 2 aliphatic rings. The van der Waals surface area contributed by atoms with E-state index in [0.29, 0.717) is 11.8 Å². The molecule has 0 spiro atoms. The fraction of sp³-hybridized carbons (Fsp3) is 0.929. The first kappa shape index (κ1) is 12.1. The number of unbranched alkanes of at least 4 members (excludes halogenated alkanes) is 2. The van der Waals surface area contributed by atoms with Gasteiger partial charge in [-0.1, -0.05) is 32.6 Å². The van der Waals surface area contributed by atoms with Crippen LogP contribution in [0.15, 0.2) is 0 Å². The van der Waals surface area contributed by atoms with Crippen LogP contribution in [0.1, 0.15) is 64.7 Å². The van der Waals surface area contributed by atoms with Crippen LogP contribution in [0.25, 0.3) is 0 Å². The number of carbonyl (C=O) groups is 1. The summed E-state index contributed by atoms with van der Waals surface area (Å²) in [4.78, 5) is 12.0. The summed E-state index contributed by atoms with van der Waals surface area (Å²) in [6.07, 6.45) is 10.8. The second-order valence-corrected chi connectivity index (χ2v) is 5.53. The molecule has 1 heterocycles. The van der Waals surface area contributed by atoms with Crippen LogP contribution < -0.4 is 5.32 Å². The van der Waals surface area contributed by atoms with Crippen LogP contribution in [0.3, 0.4) is 0 Å².